The minimum atomic E-state index is -1.39. The molecule has 4 atom stereocenters. The fourth-order valence-electron chi connectivity index (χ4n) is 7.53. The Labute approximate surface area is 279 Å². The normalized spacial score (nSPS) is 22.8. The van der Waals surface area contributed by atoms with Crippen LogP contribution in [0.25, 0.3) is 5.43 Å². The summed E-state index contributed by atoms with van der Waals surface area (Å²) in [6.07, 6.45) is 0. The van der Waals surface area contributed by atoms with E-state index in [2.05, 4.69) is 4.90 Å². The number of carbonyl (C=O) groups excluding carboxylic acids is 2. The number of rotatable bonds is 8. The zero-order valence-corrected chi connectivity index (χ0v) is 26.1. The lowest BCUT2D eigenvalue weighted by atomic mass is 9.66. The first-order chi connectivity index (χ1) is 23.6. The highest BCUT2D eigenvalue weighted by Gasteiger charge is 2.74. The Morgan fingerprint density at radius 3 is 1.52 bits per heavy atom. The van der Waals surface area contributed by atoms with E-state index in [0.29, 0.717) is 11.1 Å². The maximum absolute atomic E-state index is 15.4. The predicted molar refractivity (Wildman–Crippen MR) is 186 cm³/mol. The standard InChI is InChI=1S/C42H32N4O2/c47-39(31-19-7-1-8-20-31)37-38(40(48)32-21-9-2-10-22-32)45(35-27-15-5-16-28-35)42(34-25-13-4-14-26-34)41(37,33-23-11-3-12-24-33)43-46(44-42)36-29-17-6-18-30-36/h1-30,37-38H/t37-,38-,41-,42+/m0/s1. The summed E-state index contributed by atoms with van der Waals surface area (Å²) in [6, 6.07) is 57.0. The van der Waals surface area contributed by atoms with Gasteiger partial charge in [0.05, 0.1) is 5.92 Å². The highest BCUT2D eigenvalue weighted by Crippen LogP contribution is 2.67. The smallest absolute Gasteiger partial charge is 0.225 e. The van der Waals surface area contributed by atoms with E-state index in [4.69, 9.17) is 10.5 Å². The summed E-state index contributed by atoms with van der Waals surface area (Å²) < 4.78 is 0. The molecule has 0 unspecified atom stereocenters. The second-order valence-corrected chi connectivity index (χ2v) is 12.1. The minimum absolute atomic E-state index is 0.176. The molecule has 2 heterocycles. The molecule has 0 saturated carbocycles. The third-order valence-corrected chi connectivity index (χ3v) is 9.50. The largest absolute Gasteiger partial charge is 0.345 e. The molecule has 2 aliphatic rings. The van der Waals surface area contributed by atoms with Gasteiger partial charge in [0.2, 0.25) is 5.69 Å². The molecule has 0 aliphatic carbocycles. The van der Waals surface area contributed by atoms with E-state index >= 15 is 9.59 Å². The van der Waals surface area contributed by atoms with E-state index in [9.17, 15) is 0 Å². The van der Waals surface area contributed by atoms with E-state index < -0.39 is 23.2 Å². The highest BCUT2D eigenvalue weighted by atomic mass is 16.1. The van der Waals surface area contributed by atoms with Crippen LogP contribution in [0.2, 0.25) is 0 Å². The first-order valence-electron chi connectivity index (χ1n) is 16.1. The summed E-state index contributed by atoms with van der Waals surface area (Å²) in [4.78, 5) is 34.4. The topological polar surface area (TPSA) is 66.8 Å². The fourth-order valence-corrected chi connectivity index (χ4v) is 7.53. The molecular formula is C42H32N4O2. The molecular weight excluding hydrogens is 592 g/mol. The van der Waals surface area contributed by atoms with Crippen LogP contribution in [0.3, 0.4) is 0 Å². The Kier molecular flexibility index (Phi) is 7.26. The van der Waals surface area contributed by atoms with Gasteiger partial charge in [-0.2, -0.15) is 10.5 Å². The summed E-state index contributed by atoms with van der Waals surface area (Å²) in [5, 5.41) is 5.55. The van der Waals surface area contributed by atoms with Crippen molar-refractivity contribution in [3.63, 3.8) is 0 Å². The number of carbonyl (C=O) groups is 2. The van der Waals surface area contributed by atoms with E-state index in [1.807, 2.05) is 182 Å². The van der Waals surface area contributed by atoms with Crippen LogP contribution in [0.1, 0.15) is 31.8 Å². The summed E-state index contributed by atoms with van der Waals surface area (Å²) in [5.74, 6) is -1.35. The minimum Gasteiger partial charge on any atom is -0.345 e. The molecule has 1 fully saturated rings. The number of benzene rings is 6. The molecule has 0 amide bonds. The Morgan fingerprint density at radius 1 is 0.542 bits per heavy atom. The Morgan fingerprint density at radius 2 is 0.979 bits per heavy atom. The molecule has 0 bridgehead atoms. The summed E-state index contributed by atoms with van der Waals surface area (Å²) in [5.41, 5.74) is 6.95. The van der Waals surface area contributed by atoms with Gasteiger partial charge in [0, 0.05) is 28.9 Å². The number of fused-ring (bicyclic) bond motifs is 1. The average molecular weight is 625 g/mol. The lowest BCUT2D eigenvalue weighted by Crippen LogP contribution is -2.53. The molecule has 1 saturated heterocycles. The second kappa shape index (κ2) is 11.9. The van der Waals surface area contributed by atoms with Crippen LogP contribution in [0.15, 0.2) is 187 Å². The molecule has 6 nitrogen and oxygen atoms in total. The van der Waals surface area contributed by atoms with Crippen molar-refractivity contribution in [3.05, 3.63) is 210 Å². The Bertz CT molecular complexity index is 2090. The van der Waals surface area contributed by atoms with E-state index in [1.54, 1.807) is 4.81 Å². The third kappa shape index (κ3) is 4.41. The van der Waals surface area contributed by atoms with Crippen LogP contribution >= 0.6 is 0 Å². The number of hydrogen-bond acceptors (Lipinski definition) is 4. The number of hydrogen-bond donors (Lipinski definition) is 0. The lowest BCUT2D eigenvalue weighted by Gasteiger charge is -2.47. The van der Waals surface area contributed by atoms with Gasteiger partial charge in [0.1, 0.15) is 17.2 Å². The van der Waals surface area contributed by atoms with Gasteiger partial charge in [0.15, 0.2) is 11.6 Å². The van der Waals surface area contributed by atoms with Crippen LogP contribution in [0.4, 0.5) is 11.4 Å². The van der Waals surface area contributed by atoms with Crippen molar-refractivity contribution in [2.75, 3.05) is 4.90 Å². The van der Waals surface area contributed by atoms with Crippen molar-refractivity contribution in [1.82, 2.24) is 0 Å². The van der Waals surface area contributed by atoms with Crippen molar-refractivity contribution in [1.29, 1.82) is 0 Å². The van der Waals surface area contributed by atoms with E-state index in [1.165, 1.54) is 0 Å². The molecule has 6 aromatic carbocycles. The maximum Gasteiger partial charge on any atom is 0.225 e. The number of ketones is 2. The van der Waals surface area contributed by atoms with Crippen LogP contribution < -0.4 is 4.90 Å². The van der Waals surface area contributed by atoms with Crippen molar-refractivity contribution < 1.29 is 14.4 Å². The molecule has 0 spiro atoms. The third-order valence-electron chi connectivity index (χ3n) is 9.50. The zero-order valence-electron chi connectivity index (χ0n) is 26.1. The molecule has 8 rings (SSSR count). The Hall–Kier alpha value is -6.14. The van der Waals surface area contributed by atoms with Crippen molar-refractivity contribution in [2.24, 2.45) is 11.0 Å². The number of azo groups is 1. The summed E-state index contributed by atoms with van der Waals surface area (Å²) >= 11 is 0. The first kappa shape index (κ1) is 29.3. The van der Waals surface area contributed by atoms with Crippen molar-refractivity contribution >= 4 is 22.9 Å². The zero-order chi connectivity index (χ0) is 32.6. The van der Waals surface area contributed by atoms with Crippen LogP contribution in [-0.2, 0) is 11.2 Å². The van der Waals surface area contributed by atoms with E-state index in [0.717, 1.165) is 22.5 Å². The Balaban J connectivity index is 1.54. The molecule has 6 heteroatoms. The SMILES string of the molecule is O=C(c1ccccc1)[C@@H]1[C@@H](C(=O)c2ccccc2)[C@]2(c3ccccc3)N=[N+](c3ccccc3)[N-][C@]2(c2ccccc2)N1c1ccccc1. The lowest BCUT2D eigenvalue weighted by molar-refractivity contribution is -0.458. The predicted octanol–water partition coefficient (Wildman–Crippen LogP) is 9.10. The molecule has 48 heavy (non-hydrogen) atoms. The number of anilines is 1. The monoisotopic (exact) mass is 624 g/mol. The van der Waals surface area contributed by atoms with Gasteiger partial charge < -0.3 is 4.90 Å². The van der Waals surface area contributed by atoms with Crippen LogP contribution in [0, 0.1) is 5.92 Å². The second-order valence-electron chi connectivity index (χ2n) is 12.1. The average Bonchev–Trinajstić information content (AvgIpc) is 3.65. The first-order valence-corrected chi connectivity index (χ1v) is 16.1. The quantitative estimate of drug-likeness (QED) is 0.125. The van der Waals surface area contributed by atoms with Gasteiger partial charge >= 0.3 is 0 Å². The van der Waals surface area contributed by atoms with E-state index in [-0.39, 0.29) is 11.6 Å². The maximum atomic E-state index is 15.4. The highest BCUT2D eigenvalue weighted by molar-refractivity contribution is 6.10. The summed E-state index contributed by atoms with van der Waals surface area (Å²) in [7, 11) is 0. The van der Waals surface area contributed by atoms with Gasteiger partial charge in [-0.05, 0) is 23.3 Å². The number of para-hydroxylation sites is 2. The van der Waals surface area contributed by atoms with Gasteiger partial charge in [-0.1, -0.05) is 158 Å². The molecule has 232 valence electrons. The van der Waals surface area contributed by atoms with Gasteiger partial charge in [-0.3, -0.25) is 9.59 Å². The number of Topliss-reactive ketones (excluding diaryl/α,β-unsaturated/α-hetero) is 2. The molecule has 6 aromatic rings. The number of nitrogens with zero attached hydrogens (tertiary/aromatic N) is 4. The van der Waals surface area contributed by atoms with Gasteiger partial charge in [-0.15, -0.1) is 4.81 Å². The van der Waals surface area contributed by atoms with Crippen LogP contribution in [0.5, 0.6) is 0 Å². The summed E-state index contributed by atoms with van der Waals surface area (Å²) in [6.45, 7) is 0. The fraction of sp³-hybridized carbons (Fsp3) is 0.0952. The van der Waals surface area contributed by atoms with Gasteiger partial charge in [-0.25, -0.2) is 0 Å². The van der Waals surface area contributed by atoms with Crippen molar-refractivity contribution in [2.45, 2.75) is 17.2 Å². The van der Waals surface area contributed by atoms with Gasteiger partial charge in [0.25, 0.3) is 0 Å². The molecule has 0 radical (unpaired) electrons. The van der Waals surface area contributed by atoms with Crippen molar-refractivity contribution in [3.8, 4) is 0 Å². The molecule has 0 aromatic heterocycles. The molecule has 0 N–H and O–H groups in total. The molecule has 2 aliphatic heterocycles. The van der Waals surface area contributed by atoms with Crippen LogP contribution in [-0.4, -0.2) is 22.4 Å².